The first-order valence-electron chi connectivity index (χ1n) is 11.9. The van der Waals surface area contributed by atoms with Gasteiger partial charge < -0.3 is 19.2 Å². The van der Waals surface area contributed by atoms with Crippen LogP contribution in [0.3, 0.4) is 0 Å². The fourth-order valence-electron chi connectivity index (χ4n) is 3.73. The van der Waals surface area contributed by atoms with Gasteiger partial charge in [-0.3, -0.25) is 0 Å². The summed E-state index contributed by atoms with van der Waals surface area (Å²) >= 11 is 2.18. The van der Waals surface area contributed by atoms with Crippen LogP contribution in [0.1, 0.15) is 54.0 Å². The number of rotatable bonds is 7. The first-order chi connectivity index (χ1) is 14.9. The highest BCUT2D eigenvalue weighted by Gasteiger charge is 2.47. The summed E-state index contributed by atoms with van der Waals surface area (Å²) in [6.45, 7) is 24.6. The maximum Gasteiger partial charge on any atom is 0.223 e. The van der Waals surface area contributed by atoms with Gasteiger partial charge in [0.05, 0.1) is 6.33 Å². The molecule has 0 unspecified atom stereocenters. The summed E-state index contributed by atoms with van der Waals surface area (Å²) in [5.41, 5.74) is 7.60. The predicted molar refractivity (Wildman–Crippen MR) is 149 cm³/mol. The normalized spacial score (nSPS) is 22.6. The standard InChI is InChI=1S/C23H42IN5O2Si2/c1-22(2,3)32(7,8)30-12-15-11-17(16(15)13-31-33(9,10)23(4,5)6)29-14-26-18-19(24)27-21(25)28-20(18)29/h14-17H,11-13H2,1-10H3,(H2,25,27,28)/t15-,16-,17-/m1/s1. The highest BCUT2D eigenvalue weighted by atomic mass is 127. The van der Waals surface area contributed by atoms with Crippen LogP contribution in [0.4, 0.5) is 5.95 Å². The van der Waals surface area contributed by atoms with Crippen molar-refractivity contribution in [2.24, 2.45) is 11.8 Å². The molecule has 0 aromatic carbocycles. The molecule has 2 aromatic heterocycles. The number of halogens is 1. The molecular weight excluding hydrogens is 561 g/mol. The van der Waals surface area contributed by atoms with Crippen molar-refractivity contribution in [3.8, 4) is 0 Å². The van der Waals surface area contributed by atoms with Gasteiger partial charge in [0.1, 0.15) is 9.22 Å². The largest absolute Gasteiger partial charge is 0.417 e. The Bertz CT molecular complexity index is 997. The van der Waals surface area contributed by atoms with Gasteiger partial charge in [-0.1, -0.05) is 41.5 Å². The van der Waals surface area contributed by atoms with E-state index in [0.29, 0.717) is 17.8 Å². The van der Waals surface area contributed by atoms with Gasteiger partial charge in [-0.25, -0.2) is 9.97 Å². The summed E-state index contributed by atoms with van der Waals surface area (Å²) in [6, 6.07) is 0.276. The van der Waals surface area contributed by atoms with Crippen LogP contribution in [0.5, 0.6) is 0 Å². The summed E-state index contributed by atoms with van der Waals surface area (Å²) in [5.74, 6) is 1.11. The molecule has 7 nitrogen and oxygen atoms in total. The van der Waals surface area contributed by atoms with Crippen molar-refractivity contribution in [2.45, 2.75) is 90.3 Å². The van der Waals surface area contributed by atoms with Gasteiger partial charge >= 0.3 is 0 Å². The molecule has 1 aliphatic carbocycles. The second-order valence-corrected chi connectivity index (χ2v) is 23.2. The zero-order valence-corrected chi connectivity index (χ0v) is 26.1. The average molecular weight is 604 g/mol. The van der Waals surface area contributed by atoms with E-state index in [1.54, 1.807) is 0 Å². The van der Waals surface area contributed by atoms with E-state index in [2.05, 4.69) is 110 Å². The minimum absolute atomic E-state index is 0.179. The number of aromatic nitrogens is 4. The van der Waals surface area contributed by atoms with Gasteiger partial charge in [-0.2, -0.15) is 4.98 Å². The van der Waals surface area contributed by atoms with E-state index >= 15 is 0 Å². The van der Waals surface area contributed by atoms with Crippen LogP contribution in [0.15, 0.2) is 6.33 Å². The SMILES string of the molecule is CC(C)(C)[Si](C)(C)OC[C@H]1C[C@@H](n2cnc3c(I)nc(N)nc32)[C@@H]1CO[Si](C)(C)C(C)(C)C. The molecule has 1 aliphatic rings. The van der Waals surface area contributed by atoms with E-state index in [4.69, 9.17) is 14.6 Å². The molecule has 0 saturated heterocycles. The first-order valence-corrected chi connectivity index (χ1v) is 18.8. The van der Waals surface area contributed by atoms with Crippen molar-refractivity contribution < 1.29 is 8.85 Å². The quantitative estimate of drug-likeness (QED) is 0.229. The Labute approximate surface area is 215 Å². The number of nitrogens with two attached hydrogens (primary N) is 1. The maximum atomic E-state index is 6.72. The van der Waals surface area contributed by atoms with Crippen LogP contribution in [0.2, 0.25) is 36.3 Å². The Morgan fingerprint density at radius 2 is 1.55 bits per heavy atom. The van der Waals surface area contributed by atoms with Crippen LogP contribution in [0.25, 0.3) is 11.2 Å². The second-order valence-electron chi connectivity index (χ2n) is 12.6. The Balaban J connectivity index is 1.85. The third-order valence-corrected chi connectivity index (χ3v) is 18.1. The predicted octanol–water partition coefficient (Wildman–Crippen LogP) is 6.23. The summed E-state index contributed by atoms with van der Waals surface area (Å²) in [6.07, 6.45) is 2.93. The van der Waals surface area contributed by atoms with Gasteiger partial charge in [0.2, 0.25) is 5.95 Å². The lowest BCUT2D eigenvalue weighted by Gasteiger charge is -2.49. The molecule has 0 radical (unpaired) electrons. The molecule has 1 fully saturated rings. The van der Waals surface area contributed by atoms with Crippen LogP contribution >= 0.6 is 22.6 Å². The lowest BCUT2D eigenvalue weighted by atomic mass is 9.70. The fourth-order valence-corrected chi connectivity index (χ4v) is 6.46. The molecule has 2 aromatic rings. The van der Waals surface area contributed by atoms with E-state index < -0.39 is 16.6 Å². The van der Waals surface area contributed by atoms with Gasteiger partial charge in [-0.05, 0) is 71.2 Å². The van der Waals surface area contributed by atoms with Crippen molar-refractivity contribution in [1.29, 1.82) is 0 Å². The smallest absolute Gasteiger partial charge is 0.223 e. The number of hydrogen-bond acceptors (Lipinski definition) is 6. The van der Waals surface area contributed by atoms with Gasteiger partial charge in [0, 0.05) is 25.2 Å². The highest BCUT2D eigenvalue weighted by Crippen LogP contribution is 2.48. The van der Waals surface area contributed by atoms with Crippen molar-refractivity contribution in [1.82, 2.24) is 19.5 Å². The minimum atomic E-state index is -1.86. The Morgan fingerprint density at radius 3 is 2.09 bits per heavy atom. The number of nitrogen functional groups attached to an aromatic ring is 1. The molecule has 1 saturated carbocycles. The third-order valence-electron chi connectivity index (χ3n) is 8.30. The monoisotopic (exact) mass is 603 g/mol. The molecule has 0 bridgehead atoms. The van der Waals surface area contributed by atoms with Gasteiger partial charge in [0.15, 0.2) is 22.3 Å². The third kappa shape index (κ3) is 5.49. The number of imidazole rings is 1. The van der Waals surface area contributed by atoms with Gasteiger partial charge in [0.25, 0.3) is 0 Å². The second kappa shape index (κ2) is 9.14. The topological polar surface area (TPSA) is 88.1 Å². The zero-order chi connectivity index (χ0) is 25.0. The van der Waals surface area contributed by atoms with Crippen molar-refractivity contribution >= 4 is 56.3 Å². The van der Waals surface area contributed by atoms with E-state index in [9.17, 15) is 0 Å². The Morgan fingerprint density at radius 1 is 1.00 bits per heavy atom. The summed E-state index contributed by atoms with van der Waals surface area (Å²) in [5, 5.41) is 0.383. The molecule has 10 heteroatoms. The van der Waals surface area contributed by atoms with Crippen LogP contribution in [-0.2, 0) is 8.85 Å². The average Bonchev–Trinajstić information content (AvgIpc) is 3.02. The molecule has 2 heterocycles. The molecular formula is C23H42IN5O2Si2. The molecule has 186 valence electrons. The van der Waals surface area contributed by atoms with Gasteiger partial charge in [-0.15, -0.1) is 0 Å². The minimum Gasteiger partial charge on any atom is -0.417 e. The van der Waals surface area contributed by atoms with Crippen LogP contribution < -0.4 is 5.73 Å². The summed E-state index contributed by atoms with van der Waals surface area (Å²) in [7, 11) is -3.66. The number of fused-ring (bicyclic) bond motifs is 1. The Kier molecular flexibility index (Phi) is 7.49. The van der Waals surface area contributed by atoms with E-state index in [-0.39, 0.29) is 16.1 Å². The fraction of sp³-hybridized carbons (Fsp3) is 0.783. The van der Waals surface area contributed by atoms with E-state index in [1.807, 2.05) is 6.33 Å². The van der Waals surface area contributed by atoms with Crippen molar-refractivity contribution in [3.63, 3.8) is 0 Å². The highest BCUT2D eigenvalue weighted by molar-refractivity contribution is 14.1. The number of nitrogens with zero attached hydrogens (tertiary/aromatic N) is 4. The number of hydrogen-bond donors (Lipinski definition) is 1. The van der Waals surface area contributed by atoms with E-state index in [1.165, 1.54) is 0 Å². The van der Waals surface area contributed by atoms with Crippen molar-refractivity contribution in [2.75, 3.05) is 18.9 Å². The van der Waals surface area contributed by atoms with Crippen molar-refractivity contribution in [3.05, 3.63) is 10.0 Å². The maximum absolute atomic E-state index is 6.72. The molecule has 0 spiro atoms. The lowest BCUT2D eigenvalue weighted by Crippen LogP contribution is -2.50. The van der Waals surface area contributed by atoms with Crippen LogP contribution in [-0.4, -0.2) is 49.4 Å². The molecule has 0 aliphatic heterocycles. The molecule has 33 heavy (non-hydrogen) atoms. The molecule has 3 rings (SSSR count). The summed E-state index contributed by atoms with van der Waals surface area (Å²) in [4.78, 5) is 13.4. The zero-order valence-electron chi connectivity index (χ0n) is 22.0. The molecule has 0 amide bonds. The lowest BCUT2D eigenvalue weighted by molar-refractivity contribution is 0.00127. The first kappa shape index (κ1) is 27.0. The number of anilines is 1. The van der Waals surface area contributed by atoms with E-state index in [0.717, 1.165) is 34.5 Å². The summed E-state index contributed by atoms with van der Waals surface area (Å²) < 4.78 is 16.3. The van der Waals surface area contributed by atoms with Crippen LogP contribution in [0, 0.1) is 15.5 Å². The Hall–Kier alpha value is -0.566. The molecule has 2 N–H and O–H groups in total. The molecule has 3 atom stereocenters.